The van der Waals surface area contributed by atoms with Gasteiger partial charge in [0, 0.05) is 17.4 Å². The molecule has 1 aromatic carbocycles. The van der Waals surface area contributed by atoms with Crippen molar-refractivity contribution in [3.8, 4) is 11.5 Å². The molecule has 0 saturated carbocycles. The molecule has 2 aromatic rings. The lowest BCUT2D eigenvalue weighted by Crippen LogP contribution is -2.00. The van der Waals surface area contributed by atoms with Gasteiger partial charge in [-0.25, -0.2) is 0 Å². The third-order valence-electron chi connectivity index (χ3n) is 2.23. The Kier molecular flexibility index (Phi) is 3.47. The van der Waals surface area contributed by atoms with Crippen LogP contribution in [0.3, 0.4) is 0 Å². The summed E-state index contributed by atoms with van der Waals surface area (Å²) in [5, 5.41) is 11.5. The Balaban J connectivity index is 1.89. The van der Waals surface area contributed by atoms with Gasteiger partial charge >= 0.3 is 0 Å². The highest BCUT2D eigenvalue weighted by Crippen LogP contribution is 2.21. The van der Waals surface area contributed by atoms with Crippen molar-refractivity contribution >= 4 is 11.3 Å². The first kappa shape index (κ1) is 11.0. The molecule has 0 unspecified atom stereocenters. The lowest BCUT2D eigenvalue weighted by molar-refractivity contribution is 0.320. The Labute approximate surface area is 99.1 Å². The molecule has 0 aliphatic rings. The van der Waals surface area contributed by atoms with Gasteiger partial charge in [0.1, 0.15) is 11.5 Å². The van der Waals surface area contributed by atoms with Gasteiger partial charge in [-0.1, -0.05) is 6.07 Å². The van der Waals surface area contributed by atoms with Gasteiger partial charge in [0.05, 0.1) is 6.61 Å². The van der Waals surface area contributed by atoms with Crippen molar-refractivity contribution in [1.29, 1.82) is 0 Å². The summed E-state index contributed by atoms with van der Waals surface area (Å²) < 4.78 is 5.59. The Hall–Kier alpha value is -1.48. The second-order valence-corrected chi connectivity index (χ2v) is 4.71. The molecular weight excluding hydrogens is 220 g/mol. The van der Waals surface area contributed by atoms with Gasteiger partial charge in [0.25, 0.3) is 0 Å². The zero-order valence-corrected chi connectivity index (χ0v) is 9.96. The lowest BCUT2D eigenvalue weighted by Gasteiger charge is -2.06. The lowest BCUT2D eigenvalue weighted by atomic mass is 10.2. The normalized spacial score (nSPS) is 10.3. The Morgan fingerprint density at radius 2 is 2.19 bits per heavy atom. The second-order valence-electron chi connectivity index (χ2n) is 3.68. The van der Waals surface area contributed by atoms with Crippen molar-refractivity contribution in [2.75, 3.05) is 6.61 Å². The molecule has 0 bridgehead atoms. The van der Waals surface area contributed by atoms with Crippen LogP contribution in [-0.4, -0.2) is 11.7 Å². The number of aromatic hydroxyl groups is 1. The van der Waals surface area contributed by atoms with Crippen LogP contribution in [0.5, 0.6) is 11.5 Å². The number of hydrogen-bond donors (Lipinski definition) is 1. The van der Waals surface area contributed by atoms with Crippen LogP contribution in [0.2, 0.25) is 0 Å². The molecule has 1 heterocycles. The molecule has 0 amide bonds. The zero-order chi connectivity index (χ0) is 11.4. The molecule has 1 aromatic heterocycles. The van der Waals surface area contributed by atoms with Crippen LogP contribution in [0.25, 0.3) is 0 Å². The maximum Gasteiger partial charge on any atom is 0.123 e. The summed E-state index contributed by atoms with van der Waals surface area (Å²) in [5.41, 5.74) is 1.01. The van der Waals surface area contributed by atoms with E-state index in [0.29, 0.717) is 6.61 Å². The molecule has 84 valence electrons. The van der Waals surface area contributed by atoms with E-state index in [2.05, 4.69) is 11.4 Å². The van der Waals surface area contributed by atoms with E-state index in [1.54, 1.807) is 23.5 Å². The van der Waals surface area contributed by atoms with E-state index in [-0.39, 0.29) is 5.75 Å². The monoisotopic (exact) mass is 234 g/mol. The Morgan fingerprint density at radius 3 is 2.88 bits per heavy atom. The number of ether oxygens (including phenoxy) is 1. The SMILES string of the molecule is Cc1cc(O)cc(OCCc2cccs2)c1. The fourth-order valence-corrected chi connectivity index (χ4v) is 2.23. The highest BCUT2D eigenvalue weighted by Gasteiger charge is 1.99. The fourth-order valence-electron chi connectivity index (χ4n) is 1.54. The topological polar surface area (TPSA) is 29.5 Å². The first-order valence-electron chi connectivity index (χ1n) is 5.20. The first-order valence-corrected chi connectivity index (χ1v) is 6.08. The summed E-state index contributed by atoms with van der Waals surface area (Å²) >= 11 is 1.73. The van der Waals surface area contributed by atoms with E-state index >= 15 is 0 Å². The second kappa shape index (κ2) is 5.03. The summed E-state index contributed by atoms with van der Waals surface area (Å²) in [6, 6.07) is 9.42. The van der Waals surface area contributed by atoms with Crippen molar-refractivity contribution in [2.24, 2.45) is 0 Å². The molecule has 0 spiro atoms. The third kappa shape index (κ3) is 3.00. The largest absolute Gasteiger partial charge is 0.508 e. The highest BCUT2D eigenvalue weighted by atomic mass is 32.1. The fraction of sp³-hybridized carbons (Fsp3) is 0.231. The van der Waals surface area contributed by atoms with E-state index in [9.17, 15) is 5.11 Å². The van der Waals surface area contributed by atoms with Gasteiger partial charge in [-0.3, -0.25) is 0 Å². The van der Waals surface area contributed by atoms with Crippen LogP contribution in [-0.2, 0) is 6.42 Å². The van der Waals surface area contributed by atoms with Gasteiger partial charge in [-0.05, 0) is 36.1 Å². The van der Waals surface area contributed by atoms with Crippen molar-refractivity contribution in [3.05, 3.63) is 46.2 Å². The van der Waals surface area contributed by atoms with Crippen LogP contribution in [0.15, 0.2) is 35.7 Å². The molecule has 0 saturated heterocycles. The molecule has 0 atom stereocenters. The highest BCUT2D eigenvalue weighted by molar-refractivity contribution is 7.09. The predicted octanol–water partition coefficient (Wildman–Crippen LogP) is 3.38. The molecule has 0 aliphatic heterocycles. The van der Waals surface area contributed by atoms with E-state index < -0.39 is 0 Å². The van der Waals surface area contributed by atoms with Crippen LogP contribution in [0.4, 0.5) is 0 Å². The molecule has 2 rings (SSSR count). The van der Waals surface area contributed by atoms with E-state index in [1.165, 1.54) is 4.88 Å². The Morgan fingerprint density at radius 1 is 1.31 bits per heavy atom. The number of aryl methyl sites for hydroxylation is 1. The average molecular weight is 234 g/mol. The Bertz CT molecular complexity index is 429. The molecular formula is C13H14O2S. The van der Waals surface area contributed by atoms with Crippen molar-refractivity contribution in [3.63, 3.8) is 0 Å². The molecule has 0 fully saturated rings. The standard InChI is InChI=1S/C13H14O2S/c1-10-7-11(14)9-12(8-10)15-5-4-13-3-2-6-16-13/h2-3,6-9,14H,4-5H2,1H3. The number of benzene rings is 1. The van der Waals surface area contributed by atoms with E-state index in [4.69, 9.17) is 4.74 Å². The predicted molar refractivity (Wildman–Crippen MR) is 66.4 cm³/mol. The molecule has 3 heteroatoms. The first-order chi connectivity index (χ1) is 7.74. The van der Waals surface area contributed by atoms with Gasteiger partial charge in [0.15, 0.2) is 0 Å². The number of thiophene rings is 1. The summed E-state index contributed by atoms with van der Waals surface area (Å²) in [6.07, 6.45) is 0.909. The summed E-state index contributed by atoms with van der Waals surface area (Å²) in [5.74, 6) is 0.986. The van der Waals surface area contributed by atoms with E-state index in [1.807, 2.05) is 19.1 Å². The van der Waals surface area contributed by atoms with Gasteiger partial charge < -0.3 is 9.84 Å². The zero-order valence-electron chi connectivity index (χ0n) is 9.14. The molecule has 0 radical (unpaired) electrons. The number of hydrogen-bond acceptors (Lipinski definition) is 3. The maximum atomic E-state index is 9.40. The number of phenolic OH excluding ortho intramolecular Hbond substituents is 1. The quantitative estimate of drug-likeness (QED) is 0.878. The summed E-state index contributed by atoms with van der Waals surface area (Å²) in [6.45, 7) is 2.58. The smallest absolute Gasteiger partial charge is 0.123 e. The van der Waals surface area contributed by atoms with Gasteiger partial charge in [0.2, 0.25) is 0 Å². The third-order valence-corrected chi connectivity index (χ3v) is 3.17. The van der Waals surface area contributed by atoms with Gasteiger partial charge in [-0.2, -0.15) is 0 Å². The number of phenols is 1. The van der Waals surface area contributed by atoms with Crippen LogP contribution in [0, 0.1) is 6.92 Å². The van der Waals surface area contributed by atoms with Crippen LogP contribution < -0.4 is 4.74 Å². The molecule has 16 heavy (non-hydrogen) atoms. The minimum atomic E-state index is 0.256. The minimum Gasteiger partial charge on any atom is -0.508 e. The van der Waals surface area contributed by atoms with Crippen LogP contribution >= 0.6 is 11.3 Å². The molecule has 0 aliphatic carbocycles. The van der Waals surface area contributed by atoms with Crippen molar-refractivity contribution in [1.82, 2.24) is 0 Å². The van der Waals surface area contributed by atoms with Gasteiger partial charge in [-0.15, -0.1) is 11.3 Å². The molecule has 1 N–H and O–H groups in total. The van der Waals surface area contributed by atoms with Crippen molar-refractivity contribution in [2.45, 2.75) is 13.3 Å². The maximum absolute atomic E-state index is 9.40. The molecule has 2 nitrogen and oxygen atoms in total. The van der Waals surface area contributed by atoms with Crippen LogP contribution in [0.1, 0.15) is 10.4 Å². The average Bonchev–Trinajstić information content (AvgIpc) is 2.69. The minimum absolute atomic E-state index is 0.256. The summed E-state index contributed by atoms with van der Waals surface area (Å²) in [4.78, 5) is 1.32. The van der Waals surface area contributed by atoms with E-state index in [0.717, 1.165) is 17.7 Å². The summed E-state index contributed by atoms with van der Waals surface area (Å²) in [7, 11) is 0. The van der Waals surface area contributed by atoms with Crippen molar-refractivity contribution < 1.29 is 9.84 Å². The number of rotatable bonds is 4.